The van der Waals surface area contributed by atoms with Crippen molar-refractivity contribution in [2.24, 2.45) is 5.92 Å². The summed E-state index contributed by atoms with van der Waals surface area (Å²) in [4.78, 5) is 53.7. The zero-order valence-corrected chi connectivity index (χ0v) is 24.1. The summed E-state index contributed by atoms with van der Waals surface area (Å²) in [5.41, 5.74) is 3.53. The predicted octanol–water partition coefficient (Wildman–Crippen LogP) is 5.01. The molecule has 2 aliphatic heterocycles. The van der Waals surface area contributed by atoms with Gasteiger partial charge in [-0.15, -0.1) is 0 Å². The number of rotatable bonds is 9. The summed E-state index contributed by atoms with van der Waals surface area (Å²) >= 11 is 0.809. The Morgan fingerprint density at radius 3 is 2.48 bits per heavy atom. The second-order valence-electron chi connectivity index (χ2n) is 10.1. The number of thioether (sulfide) groups is 1. The van der Waals surface area contributed by atoms with Crippen molar-refractivity contribution in [2.45, 2.75) is 40.5 Å². The number of hydrogen-bond donors (Lipinski definition) is 1. The van der Waals surface area contributed by atoms with Crippen molar-refractivity contribution < 1.29 is 28.7 Å². The molecule has 0 spiro atoms. The number of carbonyl (C=O) groups is 4. The molecular formula is C30H35N3O6S. The van der Waals surface area contributed by atoms with Crippen LogP contribution in [0.1, 0.15) is 43.4 Å². The number of nitrogens with zero attached hydrogens (tertiary/aromatic N) is 2. The molecular weight excluding hydrogens is 530 g/mol. The minimum atomic E-state index is -0.491. The molecule has 2 fully saturated rings. The van der Waals surface area contributed by atoms with Gasteiger partial charge >= 0.3 is 0 Å². The van der Waals surface area contributed by atoms with Crippen molar-refractivity contribution in [2.75, 3.05) is 38.2 Å². The number of anilines is 1. The highest BCUT2D eigenvalue weighted by Crippen LogP contribution is 2.35. The van der Waals surface area contributed by atoms with E-state index in [1.165, 1.54) is 0 Å². The highest BCUT2D eigenvalue weighted by molar-refractivity contribution is 8.18. The molecule has 0 unspecified atom stereocenters. The predicted molar refractivity (Wildman–Crippen MR) is 155 cm³/mol. The van der Waals surface area contributed by atoms with Crippen LogP contribution in [0.25, 0.3) is 6.08 Å². The van der Waals surface area contributed by atoms with Crippen LogP contribution >= 0.6 is 11.8 Å². The minimum absolute atomic E-state index is 0.211. The third kappa shape index (κ3) is 7.24. The first-order chi connectivity index (χ1) is 19.1. The van der Waals surface area contributed by atoms with Crippen LogP contribution in [-0.2, 0) is 14.4 Å². The lowest BCUT2D eigenvalue weighted by molar-refractivity contribution is -0.136. The molecule has 2 aliphatic rings. The molecule has 40 heavy (non-hydrogen) atoms. The van der Waals surface area contributed by atoms with Gasteiger partial charge in [0.1, 0.15) is 6.54 Å². The smallest absolute Gasteiger partial charge is 0.294 e. The van der Waals surface area contributed by atoms with Crippen molar-refractivity contribution in [1.29, 1.82) is 0 Å². The number of carbonyl (C=O) groups excluding carboxylic acids is 4. The van der Waals surface area contributed by atoms with Gasteiger partial charge in [0.2, 0.25) is 5.91 Å². The fourth-order valence-corrected chi connectivity index (χ4v) is 5.28. The molecule has 4 amide bonds. The van der Waals surface area contributed by atoms with E-state index in [9.17, 15) is 19.2 Å². The first-order valence-corrected chi connectivity index (χ1v) is 14.3. The van der Waals surface area contributed by atoms with Gasteiger partial charge in [0.15, 0.2) is 18.1 Å². The Morgan fingerprint density at radius 2 is 1.77 bits per heavy atom. The summed E-state index contributed by atoms with van der Waals surface area (Å²) in [6.07, 6.45) is 3.44. The van der Waals surface area contributed by atoms with Crippen molar-refractivity contribution in [3.63, 3.8) is 0 Å². The largest absolute Gasteiger partial charge is 0.490 e. The average Bonchev–Trinajstić information content (AvgIpc) is 3.18. The van der Waals surface area contributed by atoms with Crippen molar-refractivity contribution >= 4 is 46.5 Å². The summed E-state index contributed by atoms with van der Waals surface area (Å²) in [7, 11) is 0. The van der Waals surface area contributed by atoms with Gasteiger partial charge in [-0.3, -0.25) is 24.1 Å². The second-order valence-corrected chi connectivity index (χ2v) is 11.1. The van der Waals surface area contributed by atoms with E-state index < -0.39 is 11.1 Å². The normalized spacial score (nSPS) is 16.9. The van der Waals surface area contributed by atoms with Crippen LogP contribution in [0.2, 0.25) is 0 Å². The molecule has 0 saturated carbocycles. The van der Waals surface area contributed by atoms with E-state index in [4.69, 9.17) is 9.47 Å². The number of nitrogens with one attached hydrogen (secondary N) is 1. The summed E-state index contributed by atoms with van der Waals surface area (Å²) in [5.74, 6) is 0.347. The maximum atomic E-state index is 13.0. The number of benzene rings is 2. The summed E-state index contributed by atoms with van der Waals surface area (Å²) in [6.45, 7) is 9.16. The van der Waals surface area contributed by atoms with E-state index in [2.05, 4.69) is 12.2 Å². The van der Waals surface area contributed by atoms with Crippen LogP contribution in [0.15, 0.2) is 41.3 Å². The Balaban J connectivity index is 1.39. The third-order valence-electron chi connectivity index (χ3n) is 7.02. The van der Waals surface area contributed by atoms with Gasteiger partial charge in [-0.2, -0.15) is 0 Å². The Hall–Kier alpha value is -3.79. The van der Waals surface area contributed by atoms with Crippen LogP contribution in [-0.4, -0.2) is 65.6 Å². The van der Waals surface area contributed by atoms with Crippen molar-refractivity contribution in [1.82, 2.24) is 9.80 Å². The number of aryl methyl sites for hydroxylation is 2. The van der Waals surface area contributed by atoms with Gasteiger partial charge in [-0.25, -0.2) is 0 Å². The molecule has 0 aromatic heterocycles. The quantitative estimate of drug-likeness (QED) is 0.426. The van der Waals surface area contributed by atoms with Crippen LogP contribution < -0.4 is 14.8 Å². The molecule has 2 heterocycles. The molecule has 9 nitrogen and oxygen atoms in total. The van der Waals surface area contributed by atoms with Gasteiger partial charge in [-0.1, -0.05) is 19.1 Å². The Morgan fingerprint density at radius 1 is 1.02 bits per heavy atom. The number of likely N-dealkylation sites (tertiary alicyclic amines) is 1. The van der Waals surface area contributed by atoms with Gasteiger partial charge in [0, 0.05) is 18.8 Å². The fourth-order valence-electron chi connectivity index (χ4n) is 4.44. The SMILES string of the molecule is CCOc1cc(/C=C2/SC(=O)N(CC(=O)N3CCC(C)CC3)C2=O)ccc1OCC(=O)Nc1ccc(C)c(C)c1. The molecule has 0 radical (unpaired) electrons. The lowest BCUT2D eigenvalue weighted by Gasteiger charge is -2.31. The van der Waals surface area contributed by atoms with E-state index in [0.717, 1.165) is 40.6 Å². The lowest BCUT2D eigenvalue weighted by Crippen LogP contribution is -2.45. The molecule has 1 N–H and O–H groups in total. The Kier molecular flexibility index (Phi) is 9.52. The second kappa shape index (κ2) is 13.0. The maximum absolute atomic E-state index is 13.0. The fraction of sp³-hybridized carbons (Fsp3) is 0.400. The zero-order valence-electron chi connectivity index (χ0n) is 23.3. The molecule has 212 valence electrons. The molecule has 0 bridgehead atoms. The molecule has 4 rings (SSSR count). The van der Waals surface area contributed by atoms with Gasteiger partial charge in [0.05, 0.1) is 11.5 Å². The Bertz CT molecular complexity index is 1330. The van der Waals surface area contributed by atoms with E-state index >= 15 is 0 Å². The number of piperidine rings is 1. The van der Waals surface area contributed by atoms with Gasteiger partial charge in [0.25, 0.3) is 17.1 Å². The first kappa shape index (κ1) is 29.2. The maximum Gasteiger partial charge on any atom is 0.294 e. The van der Waals surface area contributed by atoms with E-state index in [0.29, 0.717) is 48.4 Å². The number of ether oxygens (including phenoxy) is 2. The first-order valence-electron chi connectivity index (χ1n) is 13.4. The van der Waals surface area contributed by atoms with E-state index in [1.54, 1.807) is 29.2 Å². The van der Waals surface area contributed by atoms with Crippen molar-refractivity contribution in [3.05, 3.63) is 58.0 Å². The topological polar surface area (TPSA) is 105 Å². The molecule has 2 aromatic carbocycles. The highest BCUT2D eigenvalue weighted by Gasteiger charge is 2.37. The van der Waals surface area contributed by atoms with Crippen LogP contribution in [0.4, 0.5) is 10.5 Å². The summed E-state index contributed by atoms with van der Waals surface area (Å²) in [5, 5.41) is 2.36. The standard InChI is InChI=1S/C30H35N3O6S/c1-5-38-25-15-22(7-9-24(25)39-18-27(34)31-23-8-6-20(3)21(4)14-23)16-26-29(36)33(30(37)40-26)17-28(35)32-12-10-19(2)11-13-32/h6-9,14-16,19H,5,10-13,17-18H2,1-4H3,(H,31,34)/b26-16+. The van der Waals surface area contributed by atoms with E-state index in [1.807, 2.05) is 39.0 Å². The number of imide groups is 1. The number of amides is 4. The average molecular weight is 566 g/mol. The number of hydrogen-bond acceptors (Lipinski definition) is 7. The summed E-state index contributed by atoms with van der Waals surface area (Å²) < 4.78 is 11.4. The third-order valence-corrected chi connectivity index (χ3v) is 7.93. The Labute approximate surface area is 238 Å². The highest BCUT2D eigenvalue weighted by atomic mass is 32.2. The van der Waals surface area contributed by atoms with Crippen LogP contribution in [0, 0.1) is 19.8 Å². The molecule has 2 saturated heterocycles. The van der Waals surface area contributed by atoms with Gasteiger partial charge < -0.3 is 19.7 Å². The van der Waals surface area contributed by atoms with E-state index in [-0.39, 0.29) is 29.9 Å². The molecule has 0 atom stereocenters. The monoisotopic (exact) mass is 565 g/mol. The van der Waals surface area contributed by atoms with Gasteiger partial charge in [-0.05, 0) is 98.3 Å². The van der Waals surface area contributed by atoms with Crippen LogP contribution in [0.3, 0.4) is 0 Å². The van der Waals surface area contributed by atoms with Crippen molar-refractivity contribution in [3.8, 4) is 11.5 Å². The molecule has 0 aliphatic carbocycles. The lowest BCUT2D eigenvalue weighted by atomic mass is 9.99. The van der Waals surface area contributed by atoms with Crippen LogP contribution in [0.5, 0.6) is 11.5 Å². The molecule has 10 heteroatoms. The molecule has 2 aromatic rings. The zero-order chi connectivity index (χ0) is 28.8. The minimum Gasteiger partial charge on any atom is -0.490 e. The summed E-state index contributed by atoms with van der Waals surface area (Å²) in [6, 6.07) is 10.7.